The van der Waals surface area contributed by atoms with Gasteiger partial charge in [-0.2, -0.15) is 0 Å². The highest BCUT2D eigenvalue weighted by Gasteiger charge is 2.21. The fourth-order valence-electron chi connectivity index (χ4n) is 3.08. The van der Waals surface area contributed by atoms with Gasteiger partial charge in [0.05, 0.1) is 5.52 Å². The van der Waals surface area contributed by atoms with Gasteiger partial charge in [0.25, 0.3) is 0 Å². The van der Waals surface area contributed by atoms with Crippen LogP contribution in [0, 0.1) is 13.8 Å². The summed E-state index contributed by atoms with van der Waals surface area (Å²) in [7, 11) is 2.18. The number of rotatable bonds is 1. The monoisotopic (exact) mass is 228 g/mol. The second-order valence-corrected chi connectivity index (χ2v) is 5.16. The minimum atomic E-state index is 0.547. The van der Waals surface area contributed by atoms with Crippen LogP contribution in [-0.2, 0) is 7.05 Å². The SMILES string of the molecule is Cc1c(C)n(C)c2c([C@H]3CCCN3)cccc12. The summed E-state index contributed by atoms with van der Waals surface area (Å²) >= 11 is 0. The zero-order valence-corrected chi connectivity index (χ0v) is 10.9. The van der Waals surface area contributed by atoms with Crippen molar-refractivity contribution in [2.45, 2.75) is 32.7 Å². The number of para-hydroxylation sites is 1. The first kappa shape index (κ1) is 10.8. The van der Waals surface area contributed by atoms with Crippen LogP contribution in [0.5, 0.6) is 0 Å². The Morgan fingerprint density at radius 1 is 1.29 bits per heavy atom. The van der Waals surface area contributed by atoms with E-state index in [1.54, 1.807) is 0 Å². The zero-order chi connectivity index (χ0) is 12.0. The molecule has 0 spiro atoms. The highest BCUT2D eigenvalue weighted by atomic mass is 15.0. The van der Waals surface area contributed by atoms with Crippen LogP contribution < -0.4 is 5.32 Å². The smallest absolute Gasteiger partial charge is 0.0531 e. The topological polar surface area (TPSA) is 17.0 Å². The summed E-state index contributed by atoms with van der Waals surface area (Å²) in [6.07, 6.45) is 2.56. The van der Waals surface area contributed by atoms with E-state index in [0.717, 1.165) is 6.54 Å². The summed E-state index contributed by atoms with van der Waals surface area (Å²) in [5.74, 6) is 0. The van der Waals surface area contributed by atoms with E-state index in [1.807, 2.05) is 0 Å². The van der Waals surface area contributed by atoms with Crippen LogP contribution in [-0.4, -0.2) is 11.1 Å². The molecule has 1 aromatic carbocycles. The van der Waals surface area contributed by atoms with E-state index < -0.39 is 0 Å². The third kappa shape index (κ3) is 1.51. The highest BCUT2D eigenvalue weighted by molar-refractivity contribution is 5.88. The van der Waals surface area contributed by atoms with Crippen LogP contribution in [0.15, 0.2) is 18.2 Å². The number of hydrogen-bond acceptors (Lipinski definition) is 1. The van der Waals surface area contributed by atoms with Crippen molar-refractivity contribution in [2.24, 2.45) is 7.05 Å². The molecule has 0 saturated carbocycles. The Bertz CT molecular complexity index is 560. The normalized spacial score (nSPS) is 20.3. The van der Waals surface area contributed by atoms with Crippen molar-refractivity contribution in [2.75, 3.05) is 6.54 Å². The van der Waals surface area contributed by atoms with Gasteiger partial charge >= 0.3 is 0 Å². The molecule has 2 nitrogen and oxygen atoms in total. The van der Waals surface area contributed by atoms with E-state index >= 15 is 0 Å². The molecule has 3 rings (SSSR count). The van der Waals surface area contributed by atoms with E-state index in [-0.39, 0.29) is 0 Å². The number of aromatic nitrogens is 1. The molecule has 17 heavy (non-hydrogen) atoms. The summed E-state index contributed by atoms with van der Waals surface area (Å²) < 4.78 is 2.35. The molecule has 0 radical (unpaired) electrons. The van der Waals surface area contributed by atoms with Crippen molar-refractivity contribution in [3.8, 4) is 0 Å². The molecule has 0 aliphatic carbocycles. The lowest BCUT2D eigenvalue weighted by Crippen LogP contribution is -2.13. The Morgan fingerprint density at radius 3 is 2.82 bits per heavy atom. The first-order valence-electron chi connectivity index (χ1n) is 6.48. The molecule has 1 aromatic heterocycles. The summed E-state index contributed by atoms with van der Waals surface area (Å²) in [6.45, 7) is 5.59. The van der Waals surface area contributed by atoms with E-state index in [0.29, 0.717) is 6.04 Å². The molecule has 1 aliphatic rings. The zero-order valence-electron chi connectivity index (χ0n) is 10.9. The minimum Gasteiger partial charge on any atom is -0.347 e. The van der Waals surface area contributed by atoms with Gasteiger partial charge in [-0.15, -0.1) is 0 Å². The van der Waals surface area contributed by atoms with E-state index in [9.17, 15) is 0 Å². The third-order valence-corrected chi connectivity index (χ3v) is 4.29. The first-order chi connectivity index (χ1) is 8.20. The molecule has 1 N–H and O–H groups in total. The number of fused-ring (bicyclic) bond motifs is 1. The quantitative estimate of drug-likeness (QED) is 0.793. The second-order valence-electron chi connectivity index (χ2n) is 5.16. The fraction of sp³-hybridized carbons (Fsp3) is 0.467. The van der Waals surface area contributed by atoms with Crippen LogP contribution in [0.3, 0.4) is 0 Å². The molecule has 1 aliphatic heterocycles. The van der Waals surface area contributed by atoms with Gasteiger partial charge in [-0.05, 0) is 44.4 Å². The van der Waals surface area contributed by atoms with Gasteiger partial charge in [-0.3, -0.25) is 0 Å². The van der Waals surface area contributed by atoms with Gasteiger partial charge in [-0.25, -0.2) is 0 Å². The first-order valence-corrected chi connectivity index (χ1v) is 6.48. The molecule has 2 heteroatoms. The van der Waals surface area contributed by atoms with Crippen LogP contribution >= 0.6 is 0 Å². The van der Waals surface area contributed by atoms with Gasteiger partial charge in [0.2, 0.25) is 0 Å². The van der Waals surface area contributed by atoms with Crippen LogP contribution in [0.2, 0.25) is 0 Å². The standard InChI is InChI=1S/C15H20N2/c1-10-11(2)17(3)15-12(10)6-4-7-13(15)14-8-5-9-16-14/h4,6-7,14,16H,5,8-9H2,1-3H3/t14-/m1/s1. The molecular formula is C15H20N2. The van der Waals surface area contributed by atoms with Crippen LogP contribution in [0.25, 0.3) is 10.9 Å². The average Bonchev–Trinajstić information content (AvgIpc) is 2.94. The Balaban J connectivity index is 2.28. The Morgan fingerprint density at radius 2 is 2.12 bits per heavy atom. The summed E-state index contributed by atoms with van der Waals surface area (Å²) in [5, 5.41) is 5.02. The summed E-state index contributed by atoms with van der Waals surface area (Å²) in [5.41, 5.74) is 5.69. The lowest BCUT2D eigenvalue weighted by molar-refractivity contribution is 0.649. The fourth-order valence-corrected chi connectivity index (χ4v) is 3.08. The van der Waals surface area contributed by atoms with E-state index in [1.165, 1.54) is 40.6 Å². The van der Waals surface area contributed by atoms with Crippen molar-refractivity contribution >= 4 is 10.9 Å². The van der Waals surface area contributed by atoms with E-state index in [2.05, 4.69) is 49.0 Å². The van der Waals surface area contributed by atoms with Crippen LogP contribution in [0.4, 0.5) is 0 Å². The Labute approximate surface area is 103 Å². The van der Waals surface area contributed by atoms with Crippen molar-refractivity contribution in [3.63, 3.8) is 0 Å². The number of hydrogen-bond donors (Lipinski definition) is 1. The van der Waals surface area contributed by atoms with Crippen molar-refractivity contribution in [1.82, 2.24) is 9.88 Å². The number of aryl methyl sites for hydroxylation is 2. The molecule has 1 atom stereocenters. The average molecular weight is 228 g/mol. The molecule has 0 amide bonds. The van der Waals surface area contributed by atoms with Gasteiger partial charge in [0.1, 0.15) is 0 Å². The Kier molecular flexibility index (Phi) is 2.48. The largest absolute Gasteiger partial charge is 0.347 e. The Hall–Kier alpha value is -1.28. The molecule has 1 fully saturated rings. The van der Waals surface area contributed by atoms with Crippen molar-refractivity contribution in [3.05, 3.63) is 35.0 Å². The second kappa shape index (κ2) is 3.88. The number of nitrogens with one attached hydrogen (secondary N) is 1. The third-order valence-electron chi connectivity index (χ3n) is 4.29. The number of nitrogens with zero attached hydrogens (tertiary/aromatic N) is 1. The van der Waals surface area contributed by atoms with Crippen molar-refractivity contribution in [1.29, 1.82) is 0 Å². The lowest BCUT2D eigenvalue weighted by atomic mass is 10.0. The minimum absolute atomic E-state index is 0.547. The molecule has 2 aromatic rings. The molecule has 2 heterocycles. The van der Waals surface area contributed by atoms with Gasteiger partial charge < -0.3 is 9.88 Å². The van der Waals surface area contributed by atoms with Gasteiger partial charge in [0.15, 0.2) is 0 Å². The molecule has 0 bridgehead atoms. The maximum atomic E-state index is 3.61. The maximum Gasteiger partial charge on any atom is 0.0531 e. The van der Waals surface area contributed by atoms with Gasteiger partial charge in [0, 0.05) is 24.2 Å². The summed E-state index contributed by atoms with van der Waals surface area (Å²) in [6, 6.07) is 7.27. The van der Waals surface area contributed by atoms with Crippen molar-refractivity contribution < 1.29 is 0 Å². The predicted molar refractivity (Wildman–Crippen MR) is 72.4 cm³/mol. The predicted octanol–water partition coefficient (Wildman–Crippen LogP) is 3.22. The molecule has 90 valence electrons. The molecular weight excluding hydrogens is 208 g/mol. The van der Waals surface area contributed by atoms with E-state index in [4.69, 9.17) is 0 Å². The maximum absolute atomic E-state index is 3.61. The lowest BCUT2D eigenvalue weighted by Gasteiger charge is -2.13. The van der Waals surface area contributed by atoms with Gasteiger partial charge in [-0.1, -0.05) is 18.2 Å². The molecule has 0 unspecified atom stereocenters. The molecule has 1 saturated heterocycles. The summed E-state index contributed by atoms with van der Waals surface area (Å²) in [4.78, 5) is 0. The highest BCUT2D eigenvalue weighted by Crippen LogP contribution is 2.33. The number of benzene rings is 1. The van der Waals surface area contributed by atoms with Crippen LogP contribution in [0.1, 0.15) is 35.7 Å².